The third kappa shape index (κ3) is 7.47. The molecule has 0 atom stereocenters. The van der Waals surface area contributed by atoms with Crippen molar-refractivity contribution in [3.8, 4) is 5.75 Å². The first kappa shape index (κ1) is 25.0. The fraction of sp³-hybridized carbons (Fsp3) is 0.240. The largest absolute Gasteiger partial charge is 0.484 e. The van der Waals surface area contributed by atoms with Gasteiger partial charge in [0.15, 0.2) is 6.61 Å². The zero-order valence-corrected chi connectivity index (χ0v) is 19.1. The third-order valence-electron chi connectivity index (χ3n) is 5.29. The molecule has 9 heteroatoms. The fourth-order valence-electron chi connectivity index (χ4n) is 3.54. The number of ether oxygens (including phenoxy) is 1. The van der Waals surface area contributed by atoms with E-state index in [-0.39, 0.29) is 12.5 Å². The molecule has 1 aliphatic rings. The summed E-state index contributed by atoms with van der Waals surface area (Å²) in [7, 11) is 0. The Morgan fingerprint density at radius 1 is 0.824 bits per heavy atom. The Hall–Kier alpha value is -3.62. The van der Waals surface area contributed by atoms with Crippen LogP contribution in [-0.2, 0) is 20.9 Å². The average Bonchev–Trinajstić information content (AvgIpc) is 2.83. The number of benzene rings is 3. The van der Waals surface area contributed by atoms with E-state index in [1.165, 1.54) is 5.56 Å². The molecule has 4 rings (SSSR count). The molecule has 3 aromatic rings. The van der Waals surface area contributed by atoms with E-state index >= 15 is 0 Å². The van der Waals surface area contributed by atoms with Crippen LogP contribution in [0.2, 0.25) is 5.02 Å². The van der Waals surface area contributed by atoms with E-state index in [9.17, 15) is 4.79 Å². The second-order valence-corrected chi connectivity index (χ2v) is 8.13. The van der Waals surface area contributed by atoms with Crippen LogP contribution in [0.5, 0.6) is 5.75 Å². The van der Waals surface area contributed by atoms with Crippen molar-refractivity contribution >= 4 is 40.2 Å². The molecule has 0 bridgehead atoms. The highest BCUT2D eigenvalue weighted by Crippen LogP contribution is 2.20. The van der Waals surface area contributed by atoms with Gasteiger partial charge in [-0.15, -0.1) is 0 Å². The van der Waals surface area contributed by atoms with Crippen molar-refractivity contribution in [3.63, 3.8) is 0 Å². The van der Waals surface area contributed by atoms with Crippen LogP contribution in [0.3, 0.4) is 0 Å². The van der Waals surface area contributed by atoms with Gasteiger partial charge >= 0.3 is 11.9 Å². The minimum atomic E-state index is -1.82. The van der Waals surface area contributed by atoms with Gasteiger partial charge in [0.1, 0.15) is 5.75 Å². The van der Waals surface area contributed by atoms with E-state index in [1.54, 1.807) is 0 Å². The van der Waals surface area contributed by atoms with E-state index in [1.807, 2.05) is 59.5 Å². The summed E-state index contributed by atoms with van der Waals surface area (Å²) in [4.78, 5) is 34.9. The number of hydrogen-bond donors (Lipinski definition) is 2. The average molecular weight is 485 g/mol. The fourth-order valence-corrected chi connectivity index (χ4v) is 3.76. The van der Waals surface area contributed by atoms with Gasteiger partial charge in [0, 0.05) is 37.7 Å². The smallest absolute Gasteiger partial charge is 0.414 e. The second-order valence-electron chi connectivity index (χ2n) is 7.69. The molecule has 0 spiro atoms. The maximum atomic E-state index is 12.5. The van der Waals surface area contributed by atoms with Gasteiger partial charge in [-0.2, -0.15) is 0 Å². The Bertz CT molecular complexity index is 1150. The number of amides is 1. The maximum absolute atomic E-state index is 12.5. The molecule has 0 unspecified atom stereocenters. The first-order chi connectivity index (χ1) is 16.3. The van der Waals surface area contributed by atoms with Crippen molar-refractivity contribution < 1.29 is 29.3 Å². The van der Waals surface area contributed by atoms with Crippen molar-refractivity contribution in [2.45, 2.75) is 6.54 Å². The number of piperazine rings is 1. The maximum Gasteiger partial charge on any atom is 0.414 e. The van der Waals surface area contributed by atoms with Crippen LogP contribution in [0.4, 0.5) is 0 Å². The summed E-state index contributed by atoms with van der Waals surface area (Å²) in [5, 5.41) is 17.8. The van der Waals surface area contributed by atoms with Gasteiger partial charge in [-0.3, -0.25) is 9.69 Å². The molecule has 3 aromatic carbocycles. The van der Waals surface area contributed by atoms with Crippen LogP contribution >= 0.6 is 11.6 Å². The zero-order valence-electron chi connectivity index (χ0n) is 18.4. The standard InChI is InChI=1S/C23H23ClN2O2.C2H2O4/c24-21-7-3-4-18(14-21)16-25-10-12-26(13-11-25)23(27)17-28-22-9-8-19-5-1-2-6-20(19)15-22;3-1(4)2(5)6/h1-9,14-15H,10-13,16-17H2;(H,3,4)(H,5,6). The molecule has 1 heterocycles. The Morgan fingerprint density at radius 3 is 2.15 bits per heavy atom. The highest BCUT2D eigenvalue weighted by Gasteiger charge is 2.21. The Labute approximate surface area is 201 Å². The zero-order chi connectivity index (χ0) is 24.5. The van der Waals surface area contributed by atoms with Gasteiger partial charge in [-0.1, -0.05) is 54.1 Å². The third-order valence-corrected chi connectivity index (χ3v) is 5.52. The molecule has 0 radical (unpaired) electrons. The van der Waals surface area contributed by atoms with Gasteiger partial charge in [0.2, 0.25) is 0 Å². The van der Waals surface area contributed by atoms with E-state index in [0.29, 0.717) is 0 Å². The van der Waals surface area contributed by atoms with Crippen LogP contribution in [0.25, 0.3) is 10.8 Å². The van der Waals surface area contributed by atoms with E-state index < -0.39 is 11.9 Å². The van der Waals surface area contributed by atoms with Gasteiger partial charge < -0.3 is 19.8 Å². The molecule has 1 amide bonds. The molecular weight excluding hydrogens is 460 g/mol. The van der Waals surface area contributed by atoms with Gasteiger partial charge in [0.05, 0.1) is 0 Å². The number of carboxylic acid groups (broad SMARTS) is 2. The summed E-state index contributed by atoms with van der Waals surface area (Å²) in [5.74, 6) is -2.88. The number of carbonyl (C=O) groups excluding carboxylic acids is 1. The van der Waals surface area contributed by atoms with Crippen LogP contribution in [0.1, 0.15) is 5.56 Å². The molecular formula is C25H25ClN2O6. The number of halogens is 1. The summed E-state index contributed by atoms with van der Waals surface area (Å²) in [6, 6.07) is 22.0. The first-order valence-electron chi connectivity index (χ1n) is 10.6. The molecule has 2 N–H and O–H groups in total. The normalized spacial score (nSPS) is 13.6. The topological polar surface area (TPSA) is 107 Å². The van der Waals surface area contributed by atoms with Crippen molar-refractivity contribution in [2.75, 3.05) is 32.8 Å². The number of nitrogens with zero attached hydrogens (tertiary/aromatic N) is 2. The van der Waals surface area contributed by atoms with Gasteiger partial charge in [-0.25, -0.2) is 9.59 Å². The summed E-state index contributed by atoms with van der Waals surface area (Å²) in [6.07, 6.45) is 0. The van der Waals surface area contributed by atoms with Crippen molar-refractivity contribution in [2.24, 2.45) is 0 Å². The van der Waals surface area contributed by atoms with Crippen LogP contribution in [-0.4, -0.2) is 70.6 Å². The number of fused-ring (bicyclic) bond motifs is 1. The summed E-state index contributed by atoms with van der Waals surface area (Å²) in [6.45, 7) is 4.09. The minimum Gasteiger partial charge on any atom is -0.484 e. The highest BCUT2D eigenvalue weighted by atomic mass is 35.5. The van der Waals surface area contributed by atoms with E-state index in [4.69, 9.17) is 36.1 Å². The molecule has 8 nitrogen and oxygen atoms in total. The molecule has 34 heavy (non-hydrogen) atoms. The summed E-state index contributed by atoms with van der Waals surface area (Å²) in [5.41, 5.74) is 1.20. The summed E-state index contributed by atoms with van der Waals surface area (Å²) >= 11 is 6.06. The van der Waals surface area contributed by atoms with Gasteiger partial charge in [0.25, 0.3) is 5.91 Å². The van der Waals surface area contributed by atoms with Gasteiger partial charge in [-0.05, 0) is 40.6 Å². The number of carbonyl (C=O) groups is 3. The van der Waals surface area contributed by atoms with Crippen molar-refractivity contribution in [1.82, 2.24) is 9.80 Å². The molecule has 1 aliphatic heterocycles. The number of aliphatic carboxylic acids is 2. The molecule has 178 valence electrons. The molecule has 0 aromatic heterocycles. The predicted molar refractivity (Wildman–Crippen MR) is 128 cm³/mol. The monoisotopic (exact) mass is 484 g/mol. The van der Waals surface area contributed by atoms with Crippen LogP contribution < -0.4 is 4.74 Å². The quantitative estimate of drug-likeness (QED) is 0.534. The number of hydrogen-bond acceptors (Lipinski definition) is 5. The van der Waals surface area contributed by atoms with E-state index in [2.05, 4.69) is 17.0 Å². The lowest BCUT2D eigenvalue weighted by Crippen LogP contribution is -2.49. The second kappa shape index (κ2) is 12.0. The van der Waals surface area contributed by atoms with Crippen LogP contribution in [0.15, 0.2) is 66.7 Å². The number of rotatable bonds is 5. The van der Waals surface area contributed by atoms with E-state index in [0.717, 1.165) is 54.3 Å². The van der Waals surface area contributed by atoms with Crippen molar-refractivity contribution in [3.05, 3.63) is 77.3 Å². The Balaban J connectivity index is 0.000000481. The van der Waals surface area contributed by atoms with Crippen molar-refractivity contribution in [1.29, 1.82) is 0 Å². The lowest BCUT2D eigenvalue weighted by Gasteiger charge is -2.34. The molecule has 0 saturated carbocycles. The lowest BCUT2D eigenvalue weighted by atomic mass is 10.1. The molecule has 1 saturated heterocycles. The first-order valence-corrected chi connectivity index (χ1v) is 11.0. The molecule has 0 aliphatic carbocycles. The summed E-state index contributed by atoms with van der Waals surface area (Å²) < 4.78 is 5.75. The SMILES string of the molecule is O=C(COc1ccc2ccccc2c1)N1CCN(Cc2cccc(Cl)c2)CC1.O=C(O)C(=O)O. The van der Waals surface area contributed by atoms with Crippen LogP contribution in [0, 0.1) is 0 Å². The molecule has 1 fully saturated rings. The Kier molecular flexibility index (Phi) is 8.84. The lowest BCUT2D eigenvalue weighted by molar-refractivity contribution is -0.159. The predicted octanol–water partition coefficient (Wildman–Crippen LogP) is 3.37. The minimum absolute atomic E-state index is 0.0376. The highest BCUT2D eigenvalue weighted by molar-refractivity contribution is 6.30. The number of carboxylic acids is 2. The Morgan fingerprint density at radius 2 is 1.50 bits per heavy atom.